The van der Waals surface area contributed by atoms with E-state index in [0.29, 0.717) is 16.7 Å². The summed E-state index contributed by atoms with van der Waals surface area (Å²) in [6.07, 6.45) is -28.5. The molecule has 0 amide bonds. The zero-order chi connectivity index (χ0) is 70.9. The van der Waals surface area contributed by atoms with E-state index in [9.17, 15) is 48.3 Å². The van der Waals surface area contributed by atoms with Gasteiger partial charge in [0.05, 0.1) is 35.5 Å². The first-order valence-electron chi connectivity index (χ1n) is 31.9. The molecule has 0 spiro atoms. The molecule has 3 aliphatic heterocycles. The molecule has 3 saturated heterocycles. The van der Waals surface area contributed by atoms with Gasteiger partial charge in [0.2, 0.25) is 0 Å². The number of hydrogen-bond donors (Lipinski definition) is 1. The average Bonchev–Trinajstić information content (AvgIpc) is 0.765. The van der Waals surface area contributed by atoms with E-state index in [-0.39, 0.29) is 22.3 Å². The molecule has 7 aromatic carbocycles. The zero-order valence-corrected chi connectivity index (χ0v) is 54.7. The highest BCUT2D eigenvalue weighted by Crippen LogP contribution is 2.43. The van der Waals surface area contributed by atoms with Crippen LogP contribution in [0.5, 0.6) is 0 Å². The van der Waals surface area contributed by atoms with Crippen molar-refractivity contribution in [3.05, 3.63) is 251 Å². The van der Waals surface area contributed by atoms with Gasteiger partial charge in [0, 0.05) is 34.6 Å². The lowest BCUT2D eigenvalue weighted by atomic mass is 9.80. The van der Waals surface area contributed by atoms with Crippen molar-refractivity contribution in [3.8, 4) is 0 Å². The molecule has 0 radical (unpaired) electrons. The lowest BCUT2D eigenvalue weighted by Crippen LogP contribution is -2.67. The van der Waals surface area contributed by atoms with Gasteiger partial charge in [0.25, 0.3) is 0 Å². The molecule has 0 aliphatic carbocycles. The first-order chi connectivity index (χ1) is 48.3. The van der Waals surface area contributed by atoms with E-state index in [1.807, 2.05) is 91.0 Å². The minimum absolute atomic E-state index is 0.00579. The normalized spacial score (nSPS) is 24.9. The summed E-state index contributed by atoms with van der Waals surface area (Å²) < 4.78 is 93.8. The summed E-state index contributed by atoms with van der Waals surface area (Å²) >= 11 is 0. The second-order valence-electron chi connectivity index (χ2n) is 23.2. The van der Waals surface area contributed by atoms with E-state index in [0.717, 1.165) is 34.6 Å². The van der Waals surface area contributed by atoms with E-state index in [1.165, 1.54) is 72.8 Å². The highest BCUT2D eigenvalue weighted by atomic mass is 16.8. The van der Waals surface area contributed by atoms with Crippen LogP contribution in [0.15, 0.2) is 212 Å². The molecule has 3 heterocycles. The second kappa shape index (κ2) is 33.8. The van der Waals surface area contributed by atoms with Crippen molar-refractivity contribution in [2.45, 2.75) is 132 Å². The Bertz CT molecular complexity index is 3810. The van der Waals surface area contributed by atoms with Gasteiger partial charge < -0.3 is 76.2 Å². The van der Waals surface area contributed by atoms with Crippen LogP contribution < -0.4 is 0 Å². The average molecular weight is 1370 g/mol. The number of hydrogen-bond acceptors (Lipinski definition) is 25. The van der Waals surface area contributed by atoms with Crippen molar-refractivity contribution >= 4 is 53.7 Å². The Morgan fingerprint density at radius 1 is 0.320 bits per heavy atom. The molecule has 25 nitrogen and oxygen atoms in total. The third-order valence-corrected chi connectivity index (χ3v) is 16.2. The molecule has 3 aliphatic rings. The summed E-state index contributed by atoms with van der Waals surface area (Å²) in [5.74, 6) is -8.93. The number of esters is 9. The molecule has 3 fully saturated rings. The maximum absolute atomic E-state index is 14.6. The van der Waals surface area contributed by atoms with Crippen LogP contribution in [0, 0.1) is 0 Å². The lowest BCUT2D eigenvalue weighted by molar-refractivity contribution is -0.361. The Morgan fingerprint density at radius 2 is 0.620 bits per heavy atom. The van der Waals surface area contributed by atoms with Crippen LogP contribution in [0.3, 0.4) is 0 Å². The van der Waals surface area contributed by atoms with Gasteiger partial charge in [0.1, 0.15) is 36.6 Å². The highest BCUT2D eigenvalue weighted by Gasteiger charge is 2.59. The van der Waals surface area contributed by atoms with Gasteiger partial charge in [0.15, 0.2) is 67.7 Å². The predicted octanol–water partition coefficient (Wildman–Crippen LogP) is 7.76. The first kappa shape index (κ1) is 72.2. The van der Waals surface area contributed by atoms with Crippen LogP contribution in [0.25, 0.3) is 0 Å². The summed E-state index contributed by atoms with van der Waals surface area (Å²) in [7, 11) is 0. The molecular formula is C75H72O25. The number of aliphatic hydroxyl groups is 1. The minimum Gasteiger partial charge on any atom is -0.459 e. The third-order valence-electron chi connectivity index (χ3n) is 16.2. The molecule has 0 aromatic heterocycles. The van der Waals surface area contributed by atoms with Crippen molar-refractivity contribution in [3.63, 3.8) is 0 Å². The quantitative estimate of drug-likeness (QED) is 0.0324. The van der Waals surface area contributed by atoms with Crippen molar-refractivity contribution in [2.24, 2.45) is 0 Å². The maximum atomic E-state index is 14.6. The van der Waals surface area contributed by atoms with Crippen LogP contribution in [-0.4, -0.2) is 171 Å². The summed E-state index contributed by atoms with van der Waals surface area (Å²) in [5.41, 5.74) is 0.482. The minimum atomic E-state index is -2.26. The Kier molecular flexibility index (Phi) is 24.4. The van der Waals surface area contributed by atoms with Gasteiger partial charge in [-0.2, -0.15) is 0 Å². The standard InChI is InChI=1S/C75H72O25/c1-44(76)89-59-56(42-87-73-66(93-48(5)80)63(91-46(3)78)60(90-45(2)77)58(95-73)43-88-75(53-35-21-10-22-36-53,54-37-23-11-24-38-54)55-39-25-12-26-40-55)94-72(85)65(92-47(4)79)62(59)100-74-67(99-71(84)52-33-19-9-20-34-52)64(98-70(83)51-31-17-8-18-32-51)61(97-69(82)50-29-15-7-16-30-50)57(96-74)41-86-68(81)49-27-13-6-14-28-49/h6-40,56-67,72-74,85H,41-43H2,1-5H3/t56-,57-,58-,59-,60-,61-,62+,63+,64+,65+,66+,67+,72+,73+,74-/m1/s1. The van der Waals surface area contributed by atoms with E-state index in [1.54, 1.807) is 48.5 Å². The topological polar surface area (TPSA) is 312 Å². The first-order valence-corrected chi connectivity index (χ1v) is 31.9. The Balaban J connectivity index is 1.06. The second-order valence-corrected chi connectivity index (χ2v) is 23.2. The third kappa shape index (κ3) is 17.8. The van der Waals surface area contributed by atoms with E-state index >= 15 is 0 Å². The molecular weight excluding hydrogens is 1300 g/mol. The van der Waals surface area contributed by atoms with Crippen molar-refractivity contribution in [2.75, 3.05) is 19.8 Å². The lowest BCUT2D eigenvalue weighted by Gasteiger charge is -2.49. The fourth-order valence-electron chi connectivity index (χ4n) is 11.9. The van der Waals surface area contributed by atoms with Crippen LogP contribution >= 0.6 is 0 Å². The number of benzene rings is 7. The number of aliphatic hydroxyl groups excluding tert-OH is 1. The van der Waals surface area contributed by atoms with Crippen LogP contribution in [0.2, 0.25) is 0 Å². The number of ether oxygens (including phenoxy) is 15. The molecule has 25 heteroatoms. The smallest absolute Gasteiger partial charge is 0.338 e. The zero-order valence-electron chi connectivity index (χ0n) is 54.7. The Morgan fingerprint density at radius 3 is 1.05 bits per heavy atom. The molecule has 100 heavy (non-hydrogen) atoms. The molecule has 15 atom stereocenters. The van der Waals surface area contributed by atoms with E-state index < -0.39 is 171 Å². The van der Waals surface area contributed by atoms with Crippen molar-refractivity contribution in [1.29, 1.82) is 0 Å². The van der Waals surface area contributed by atoms with Crippen LogP contribution in [0.1, 0.15) is 92.7 Å². The molecule has 10 rings (SSSR count). The maximum Gasteiger partial charge on any atom is 0.338 e. The van der Waals surface area contributed by atoms with Crippen LogP contribution in [-0.2, 0) is 101 Å². The molecule has 0 bridgehead atoms. The van der Waals surface area contributed by atoms with Gasteiger partial charge in [-0.3, -0.25) is 24.0 Å². The number of carbonyl (C=O) groups is 9. The number of carbonyl (C=O) groups excluding carboxylic acids is 9. The van der Waals surface area contributed by atoms with Crippen molar-refractivity contribution in [1.82, 2.24) is 0 Å². The largest absolute Gasteiger partial charge is 0.459 e. The molecule has 0 saturated carbocycles. The fourth-order valence-corrected chi connectivity index (χ4v) is 11.9. The summed E-state index contributed by atoms with van der Waals surface area (Å²) in [4.78, 5) is 124. The molecule has 1 N–H and O–H groups in total. The highest BCUT2D eigenvalue weighted by molar-refractivity contribution is 5.92. The molecule has 7 aromatic rings. The van der Waals surface area contributed by atoms with Gasteiger partial charge in [-0.1, -0.05) is 164 Å². The van der Waals surface area contributed by atoms with Gasteiger partial charge in [-0.15, -0.1) is 0 Å². The Labute approximate surface area is 574 Å². The SMILES string of the molecule is CC(=O)O[C@@H]1[C@H](OC(C)=O)[C@@H](OC[C@H]2O[C@H](O)[C@@H](OC(C)=O)[C@@H](O[C@H]3O[C@H](COC(=O)c4ccccc4)[C@@H](OC(=O)c4ccccc4)[C@H](OC(=O)c4ccccc4)[C@@H]3OC(=O)c3ccccc3)[C@@H]2OC(C)=O)O[C@H](COC(c2ccccc2)(c2ccccc2)c2ccccc2)[C@H]1OC(C)=O. The van der Waals surface area contributed by atoms with Gasteiger partial charge in [-0.05, 0) is 65.2 Å². The van der Waals surface area contributed by atoms with E-state index in [4.69, 9.17) is 71.1 Å². The summed E-state index contributed by atoms with van der Waals surface area (Å²) in [6, 6.07) is 57.9. The Hall–Kier alpha value is -10.5. The fraction of sp³-hybridized carbons (Fsp3) is 0.320. The van der Waals surface area contributed by atoms with Crippen molar-refractivity contribution < 1.29 is 119 Å². The summed E-state index contributed by atoms with van der Waals surface area (Å²) in [5, 5.41) is 12.2. The van der Waals surface area contributed by atoms with Crippen LogP contribution in [0.4, 0.5) is 0 Å². The van der Waals surface area contributed by atoms with Gasteiger partial charge >= 0.3 is 53.7 Å². The molecule has 522 valence electrons. The number of rotatable bonds is 25. The molecule has 0 unspecified atom stereocenters. The monoisotopic (exact) mass is 1370 g/mol. The predicted molar refractivity (Wildman–Crippen MR) is 346 cm³/mol. The van der Waals surface area contributed by atoms with E-state index in [2.05, 4.69) is 0 Å². The van der Waals surface area contributed by atoms with Gasteiger partial charge in [-0.25, -0.2) is 19.2 Å². The summed E-state index contributed by atoms with van der Waals surface area (Å²) in [6.45, 7) is 2.99.